The average Bonchev–Trinajstić information content (AvgIpc) is 2.15. The SMILES string of the molecule is CNC(C)c1cccc(C(F)(F)F)c1F. The molecule has 0 aliphatic carbocycles. The molecule has 1 aromatic rings. The maximum absolute atomic E-state index is 13.4. The molecule has 1 unspecified atom stereocenters. The number of hydrogen-bond acceptors (Lipinski definition) is 1. The minimum absolute atomic E-state index is 0.0207. The highest BCUT2D eigenvalue weighted by molar-refractivity contribution is 5.30. The summed E-state index contributed by atoms with van der Waals surface area (Å²) in [6.07, 6.45) is -4.65. The van der Waals surface area contributed by atoms with Gasteiger partial charge in [0, 0.05) is 11.6 Å². The zero-order valence-electron chi connectivity index (χ0n) is 8.32. The summed E-state index contributed by atoms with van der Waals surface area (Å²) in [5, 5.41) is 2.69. The van der Waals surface area contributed by atoms with E-state index in [1.54, 1.807) is 14.0 Å². The molecular formula is C10H11F4N. The average molecular weight is 221 g/mol. The summed E-state index contributed by atoms with van der Waals surface area (Å²) in [5.41, 5.74) is -1.20. The predicted molar refractivity (Wildman–Crippen MR) is 48.9 cm³/mol. The van der Waals surface area contributed by atoms with Gasteiger partial charge in [0.15, 0.2) is 0 Å². The Morgan fingerprint density at radius 3 is 2.33 bits per heavy atom. The van der Waals surface area contributed by atoms with Crippen molar-refractivity contribution in [3.05, 3.63) is 35.1 Å². The molecule has 15 heavy (non-hydrogen) atoms. The Morgan fingerprint density at radius 2 is 1.87 bits per heavy atom. The molecule has 0 amide bonds. The standard InChI is InChI=1S/C10H11F4N/c1-6(15-2)7-4-3-5-8(9(7)11)10(12,13)14/h3-6,15H,1-2H3. The maximum Gasteiger partial charge on any atom is 0.419 e. The van der Waals surface area contributed by atoms with Gasteiger partial charge in [-0.15, -0.1) is 0 Å². The summed E-state index contributed by atoms with van der Waals surface area (Å²) in [7, 11) is 1.56. The lowest BCUT2D eigenvalue weighted by atomic mass is 10.0. The van der Waals surface area contributed by atoms with E-state index in [1.807, 2.05) is 0 Å². The van der Waals surface area contributed by atoms with Crippen LogP contribution in [-0.2, 0) is 6.18 Å². The van der Waals surface area contributed by atoms with Crippen LogP contribution in [0.15, 0.2) is 18.2 Å². The van der Waals surface area contributed by atoms with Gasteiger partial charge in [0.25, 0.3) is 0 Å². The van der Waals surface area contributed by atoms with Gasteiger partial charge in [0.1, 0.15) is 5.82 Å². The van der Waals surface area contributed by atoms with Gasteiger partial charge in [0.05, 0.1) is 5.56 Å². The van der Waals surface area contributed by atoms with Crippen LogP contribution in [0.4, 0.5) is 17.6 Å². The van der Waals surface area contributed by atoms with E-state index in [0.29, 0.717) is 0 Å². The van der Waals surface area contributed by atoms with E-state index < -0.39 is 23.6 Å². The summed E-state index contributed by atoms with van der Waals surface area (Å²) >= 11 is 0. The van der Waals surface area contributed by atoms with E-state index in [2.05, 4.69) is 5.32 Å². The van der Waals surface area contributed by atoms with Crippen LogP contribution >= 0.6 is 0 Å². The molecule has 0 aliphatic heterocycles. The molecule has 0 fully saturated rings. The van der Waals surface area contributed by atoms with Crippen LogP contribution in [0.5, 0.6) is 0 Å². The van der Waals surface area contributed by atoms with Crippen LogP contribution < -0.4 is 5.32 Å². The van der Waals surface area contributed by atoms with E-state index in [4.69, 9.17) is 0 Å². The summed E-state index contributed by atoms with van der Waals surface area (Å²) < 4.78 is 50.5. The van der Waals surface area contributed by atoms with Gasteiger partial charge in [-0.2, -0.15) is 13.2 Å². The third-order valence-corrected chi connectivity index (χ3v) is 2.23. The molecule has 0 spiro atoms. The number of alkyl halides is 3. The summed E-state index contributed by atoms with van der Waals surface area (Å²) in [5.74, 6) is -1.20. The van der Waals surface area contributed by atoms with Crippen LogP contribution in [0.1, 0.15) is 24.1 Å². The lowest BCUT2D eigenvalue weighted by Crippen LogP contribution is -2.17. The fraction of sp³-hybridized carbons (Fsp3) is 0.400. The van der Waals surface area contributed by atoms with Crippen molar-refractivity contribution in [1.29, 1.82) is 0 Å². The van der Waals surface area contributed by atoms with Crippen LogP contribution in [0.3, 0.4) is 0 Å². The Morgan fingerprint density at radius 1 is 1.27 bits per heavy atom. The third-order valence-electron chi connectivity index (χ3n) is 2.23. The first-order chi connectivity index (χ1) is 6.88. The van der Waals surface area contributed by atoms with Crippen molar-refractivity contribution in [3.8, 4) is 0 Å². The van der Waals surface area contributed by atoms with Crippen molar-refractivity contribution in [2.24, 2.45) is 0 Å². The van der Waals surface area contributed by atoms with Crippen molar-refractivity contribution < 1.29 is 17.6 Å². The van der Waals surface area contributed by atoms with Crippen LogP contribution in [0.2, 0.25) is 0 Å². The molecule has 1 aromatic carbocycles. The number of benzene rings is 1. The zero-order chi connectivity index (χ0) is 11.6. The molecule has 0 saturated heterocycles. The topological polar surface area (TPSA) is 12.0 Å². The van der Waals surface area contributed by atoms with E-state index in [9.17, 15) is 17.6 Å². The molecule has 84 valence electrons. The van der Waals surface area contributed by atoms with E-state index in [-0.39, 0.29) is 5.56 Å². The lowest BCUT2D eigenvalue weighted by Gasteiger charge is -2.15. The van der Waals surface area contributed by atoms with Gasteiger partial charge < -0.3 is 5.32 Å². The smallest absolute Gasteiger partial charge is 0.313 e. The first-order valence-corrected chi connectivity index (χ1v) is 4.40. The highest BCUT2D eigenvalue weighted by Gasteiger charge is 2.35. The van der Waals surface area contributed by atoms with Gasteiger partial charge in [-0.1, -0.05) is 12.1 Å². The maximum atomic E-state index is 13.4. The first kappa shape index (κ1) is 12.0. The third kappa shape index (κ3) is 2.47. The molecule has 1 N–H and O–H groups in total. The molecule has 1 atom stereocenters. The molecule has 0 aromatic heterocycles. The number of rotatable bonds is 2. The second kappa shape index (κ2) is 4.18. The second-order valence-electron chi connectivity index (χ2n) is 3.22. The van der Waals surface area contributed by atoms with Crippen LogP contribution in [0.25, 0.3) is 0 Å². The van der Waals surface area contributed by atoms with Crippen molar-refractivity contribution in [3.63, 3.8) is 0 Å². The molecule has 1 nitrogen and oxygen atoms in total. The first-order valence-electron chi connectivity index (χ1n) is 4.40. The highest BCUT2D eigenvalue weighted by Crippen LogP contribution is 2.33. The largest absolute Gasteiger partial charge is 0.419 e. The molecular weight excluding hydrogens is 210 g/mol. The molecule has 0 heterocycles. The summed E-state index contributed by atoms with van der Waals surface area (Å²) in [6, 6.07) is 2.83. The number of hydrogen-bond donors (Lipinski definition) is 1. The Kier molecular flexibility index (Phi) is 3.34. The Bertz CT molecular complexity index is 346. The molecule has 1 rings (SSSR count). The van der Waals surface area contributed by atoms with Gasteiger partial charge in [-0.05, 0) is 20.0 Å². The van der Waals surface area contributed by atoms with Crippen LogP contribution in [0, 0.1) is 5.82 Å². The number of halogens is 4. The number of nitrogens with one attached hydrogen (secondary N) is 1. The normalized spacial score (nSPS) is 14.0. The monoisotopic (exact) mass is 221 g/mol. The van der Waals surface area contributed by atoms with E-state index in [0.717, 1.165) is 6.07 Å². The summed E-state index contributed by atoms with van der Waals surface area (Å²) in [6.45, 7) is 1.60. The lowest BCUT2D eigenvalue weighted by molar-refractivity contribution is -0.140. The van der Waals surface area contributed by atoms with Gasteiger partial charge in [-0.25, -0.2) is 4.39 Å². The molecule has 0 radical (unpaired) electrons. The fourth-order valence-electron chi connectivity index (χ4n) is 1.26. The molecule has 0 aliphatic rings. The van der Waals surface area contributed by atoms with Crippen molar-refractivity contribution in [2.75, 3.05) is 7.05 Å². The summed E-state index contributed by atoms with van der Waals surface area (Å²) in [4.78, 5) is 0. The van der Waals surface area contributed by atoms with Gasteiger partial charge >= 0.3 is 6.18 Å². The Labute approximate surface area is 85.1 Å². The van der Waals surface area contributed by atoms with E-state index >= 15 is 0 Å². The quantitative estimate of drug-likeness (QED) is 0.756. The minimum Gasteiger partial charge on any atom is -0.313 e. The predicted octanol–water partition coefficient (Wildman–Crippen LogP) is 3.12. The Hall–Kier alpha value is -1.10. The Balaban J connectivity index is 3.23. The van der Waals surface area contributed by atoms with Gasteiger partial charge in [0.2, 0.25) is 0 Å². The fourth-order valence-corrected chi connectivity index (χ4v) is 1.26. The molecule has 0 bridgehead atoms. The van der Waals surface area contributed by atoms with Crippen molar-refractivity contribution in [2.45, 2.75) is 19.1 Å². The second-order valence-corrected chi connectivity index (χ2v) is 3.22. The van der Waals surface area contributed by atoms with Crippen molar-refractivity contribution >= 4 is 0 Å². The van der Waals surface area contributed by atoms with Crippen LogP contribution in [-0.4, -0.2) is 7.05 Å². The van der Waals surface area contributed by atoms with Gasteiger partial charge in [-0.3, -0.25) is 0 Å². The minimum atomic E-state index is -4.65. The van der Waals surface area contributed by atoms with E-state index in [1.165, 1.54) is 12.1 Å². The molecule has 0 saturated carbocycles. The molecule has 5 heteroatoms. The highest BCUT2D eigenvalue weighted by atomic mass is 19.4. The zero-order valence-corrected chi connectivity index (χ0v) is 8.32. The van der Waals surface area contributed by atoms with Crippen molar-refractivity contribution in [1.82, 2.24) is 5.32 Å².